The van der Waals surface area contributed by atoms with Gasteiger partial charge in [-0.05, 0) is 55.5 Å². The second-order valence-corrected chi connectivity index (χ2v) is 6.96. The SMILES string of the molecule is Br.Br.C1C2CC3CC1CP(C2)C3. The fourth-order valence-corrected chi connectivity index (χ4v) is 7.00. The highest BCUT2D eigenvalue weighted by atomic mass is 79.9. The Balaban J connectivity index is 0.000000360. The van der Waals surface area contributed by atoms with Crippen molar-refractivity contribution in [3.63, 3.8) is 0 Å². The normalized spacial score (nSPS) is 48.0. The molecule has 0 aromatic rings. The summed E-state index contributed by atoms with van der Waals surface area (Å²) in [5.41, 5.74) is 0. The second-order valence-electron chi connectivity index (χ2n) is 4.52. The van der Waals surface area contributed by atoms with Gasteiger partial charge < -0.3 is 0 Å². The zero-order valence-electron chi connectivity index (χ0n) is 7.24. The number of rotatable bonds is 0. The molecule has 1 saturated carbocycles. The Bertz CT molecular complexity index is 104. The van der Waals surface area contributed by atoms with Crippen LogP contribution in [0.2, 0.25) is 0 Å². The molecule has 72 valence electrons. The molecule has 3 heteroatoms. The topological polar surface area (TPSA) is 0 Å². The van der Waals surface area contributed by atoms with E-state index in [-0.39, 0.29) is 34.0 Å². The molecule has 4 rings (SSSR count). The summed E-state index contributed by atoms with van der Waals surface area (Å²) < 4.78 is 0. The predicted octanol–water partition coefficient (Wildman–Crippen LogP) is 3.68. The van der Waals surface area contributed by atoms with Crippen molar-refractivity contribution >= 4 is 41.9 Å². The summed E-state index contributed by atoms with van der Waals surface area (Å²) in [4.78, 5) is 0. The quantitative estimate of drug-likeness (QED) is 0.598. The van der Waals surface area contributed by atoms with Crippen molar-refractivity contribution in [1.82, 2.24) is 0 Å². The molecule has 4 fully saturated rings. The Kier molecular flexibility index (Phi) is 4.08. The van der Waals surface area contributed by atoms with Gasteiger partial charge in [-0.3, -0.25) is 0 Å². The maximum Gasteiger partial charge on any atom is -0.0297 e. The molecular formula is C9H17Br2P. The Morgan fingerprint density at radius 1 is 0.667 bits per heavy atom. The van der Waals surface area contributed by atoms with Crippen molar-refractivity contribution in [3.8, 4) is 0 Å². The minimum absolute atomic E-state index is 0. The molecule has 3 saturated heterocycles. The van der Waals surface area contributed by atoms with E-state index < -0.39 is 0 Å². The molecule has 0 spiro atoms. The van der Waals surface area contributed by atoms with Gasteiger partial charge in [0.2, 0.25) is 0 Å². The van der Waals surface area contributed by atoms with Gasteiger partial charge in [0, 0.05) is 0 Å². The van der Waals surface area contributed by atoms with Crippen molar-refractivity contribution in [1.29, 1.82) is 0 Å². The van der Waals surface area contributed by atoms with Crippen LogP contribution in [0.4, 0.5) is 0 Å². The summed E-state index contributed by atoms with van der Waals surface area (Å²) in [6.07, 6.45) is 9.87. The van der Waals surface area contributed by atoms with Gasteiger partial charge in [-0.25, -0.2) is 0 Å². The van der Waals surface area contributed by atoms with Crippen molar-refractivity contribution < 1.29 is 0 Å². The average molecular weight is 316 g/mol. The van der Waals surface area contributed by atoms with Crippen LogP contribution in [0.25, 0.3) is 0 Å². The Morgan fingerprint density at radius 3 is 1.25 bits per heavy atom. The first-order valence-corrected chi connectivity index (χ1v) is 6.52. The first-order valence-electron chi connectivity index (χ1n) is 4.62. The van der Waals surface area contributed by atoms with Gasteiger partial charge >= 0.3 is 0 Å². The van der Waals surface area contributed by atoms with Crippen LogP contribution in [0.1, 0.15) is 19.3 Å². The molecule has 0 radical (unpaired) electrons. The highest BCUT2D eigenvalue weighted by Crippen LogP contribution is 2.59. The Morgan fingerprint density at radius 2 is 1.00 bits per heavy atom. The van der Waals surface area contributed by atoms with Crippen LogP contribution in [0.3, 0.4) is 0 Å². The number of hydrogen-bond acceptors (Lipinski definition) is 0. The first-order chi connectivity index (χ1) is 4.90. The highest BCUT2D eigenvalue weighted by Gasteiger charge is 2.41. The summed E-state index contributed by atoms with van der Waals surface area (Å²) in [5.74, 6) is 3.62. The van der Waals surface area contributed by atoms with Gasteiger partial charge in [-0.2, -0.15) is 0 Å². The maximum atomic E-state index is 1.67. The van der Waals surface area contributed by atoms with E-state index >= 15 is 0 Å². The third-order valence-electron chi connectivity index (χ3n) is 3.55. The van der Waals surface area contributed by atoms with Crippen LogP contribution >= 0.6 is 41.9 Å². The lowest BCUT2D eigenvalue weighted by Crippen LogP contribution is -2.38. The smallest absolute Gasteiger partial charge is 0.0297 e. The molecule has 4 aliphatic rings. The average Bonchev–Trinajstić information content (AvgIpc) is 1.82. The van der Waals surface area contributed by atoms with Crippen LogP contribution in [0.15, 0.2) is 0 Å². The van der Waals surface area contributed by atoms with Crippen LogP contribution in [0.5, 0.6) is 0 Å². The number of halogens is 2. The molecule has 0 amide bonds. The number of hydrogen-bond donors (Lipinski definition) is 0. The zero-order chi connectivity index (χ0) is 6.55. The molecule has 12 heavy (non-hydrogen) atoms. The van der Waals surface area contributed by atoms with Crippen LogP contribution in [0, 0.1) is 17.8 Å². The largest absolute Gasteiger partial charge is 0.114 e. The predicted molar refractivity (Wildman–Crippen MR) is 66.5 cm³/mol. The van der Waals surface area contributed by atoms with E-state index in [4.69, 9.17) is 0 Å². The summed E-state index contributed by atoms with van der Waals surface area (Å²) in [6, 6.07) is 0. The standard InChI is InChI=1S/C9H15P.2BrH/c1-7-2-9-3-8(1)5-10(4-7)6-9;;/h7-9H,1-6H2;2*1H. The highest BCUT2D eigenvalue weighted by molar-refractivity contribution is 8.93. The Labute approximate surface area is 97.2 Å². The van der Waals surface area contributed by atoms with Gasteiger partial charge in [-0.1, -0.05) is 0 Å². The van der Waals surface area contributed by atoms with Crippen molar-refractivity contribution in [2.75, 3.05) is 18.5 Å². The van der Waals surface area contributed by atoms with Crippen molar-refractivity contribution in [2.24, 2.45) is 17.8 Å². The van der Waals surface area contributed by atoms with Gasteiger partial charge in [-0.15, -0.1) is 41.9 Å². The third-order valence-corrected chi connectivity index (χ3v) is 6.65. The van der Waals surface area contributed by atoms with E-state index in [1.807, 2.05) is 0 Å². The summed E-state index contributed by atoms with van der Waals surface area (Å²) in [5, 5.41) is 0. The van der Waals surface area contributed by atoms with Crippen molar-refractivity contribution in [2.45, 2.75) is 19.3 Å². The Hall–Kier alpha value is 1.39. The fraction of sp³-hybridized carbons (Fsp3) is 1.00. The van der Waals surface area contributed by atoms with Crippen LogP contribution < -0.4 is 0 Å². The van der Waals surface area contributed by atoms with E-state index in [2.05, 4.69) is 0 Å². The molecule has 0 aromatic heterocycles. The molecule has 3 heterocycles. The van der Waals surface area contributed by atoms with E-state index in [9.17, 15) is 0 Å². The summed E-state index contributed by atoms with van der Waals surface area (Å²) in [7, 11) is 0.588. The second kappa shape index (κ2) is 4.28. The molecule has 0 N–H and O–H groups in total. The molecule has 3 aliphatic heterocycles. The lowest BCUT2D eigenvalue weighted by molar-refractivity contribution is 0.212. The molecular weight excluding hydrogens is 299 g/mol. The van der Waals surface area contributed by atoms with Gasteiger partial charge in [0.15, 0.2) is 0 Å². The molecule has 4 bridgehead atoms. The lowest BCUT2D eigenvalue weighted by atomic mass is 9.76. The third kappa shape index (κ3) is 1.91. The van der Waals surface area contributed by atoms with Crippen LogP contribution in [-0.2, 0) is 0 Å². The monoisotopic (exact) mass is 314 g/mol. The van der Waals surface area contributed by atoms with Crippen LogP contribution in [-0.4, -0.2) is 18.5 Å². The first kappa shape index (κ1) is 11.5. The molecule has 1 aliphatic carbocycles. The maximum absolute atomic E-state index is 1.67. The van der Waals surface area contributed by atoms with E-state index in [0.29, 0.717) is 7.92 Å². The van der Waals surface area contributed by atoms with E-state index in [0.717, 1.165) is 0 Å². The minimum Gasteiger partial charge on any atom is -0.114 e. The van der Waals surface area contributed by atoms with Gasteiger partial charge in [0.25, 0.3) is 0 Å². The molecule has 0 unspecified atom stereocenters. The summed E-state index contributed by atoms with van der Waals surface area (Å²) >= 11 is 0. The van der Waals surface area contributed by atoms with Gasteiger partial charge in [0.05, 0.1) is 0 Å². The minimum atomic E-state index is 0. The fourth-order valence-electron chi connectivity index (χ4n) is 3.47. The molecule has 0 atom stereocenters. The lowest BCUT2D eigenvalue weighted by Gasteiger charge is -2.49. The zero-order valence-corrected chi connectivity index (χ0v) is 11.6. The van der Waals surface area contributed by atoms with E-state index in [1.165, 1.54) is 17.8 Å². The van der Waals surface area contributed by atoms with E-state index in [1.54, 1.807) is 37.7 Å². The van der Waals surface area contributed by atoms with Gasteiger partial charge in [0.1, 0.15) is 0 Å². The molecule has 0 aromatic carbocycles. The van der Waals surface area contributed by atoms with Crippen molar-refractivity contribution in [3.05, 3.63) is 0 Å². The summed E-state index contributed by atoms with van der Waals surface area (Å²) in [6.45, 7) is 0. The molecule has 0 nitrogen and oxygen atoms in total.